The van der Waals surface area contributed by atoms with E-state index in [0.29, 0.717) is 6.42 Å². The van der Waals surface area contributed by atoms with Crippen LogP contribution >= 0.6 is 22.9 Å². The minimum absolute atomic E-state index is 0.132. The second kappa shape index (κ2) is 4.42. The lowest BCUT2D eigenvalue weighted by molar-refractivity contribution is 0.193. The Labute approximate surface area is 100 Å². The summed E-state index contributed by atoms with van der Waals surface area (Å²) >= 11 is 7.47. The predicted octanol–water partition coefficient (Wildman–Crippen LogP) is 2.78. The van der Waals surface area contributed by atoms with Crippen LogP contribution in [-0.2, 0) is 5.41 Å². The van der Waals surface area contributed by atoms with E-state index in [1.807, 2.05) is 26.0 Å². The minimum atomic E-state index is -0.385. The molecule has 0 spiro atoms. The molecule has 1 aromatic heterocycles. The quantitative estimate of drug-likeness (QED) is 0.860. The highest BCUT2D eigenvalue weighted by molar-refractivity contribution is 7.16. The molecule has 15 heavy (non-hydrogen) atoms. The Balaban J connectivity index is 3.12. The van der Waals surface area contributed by atoms with Crippen molar-refractivity contribution in [2.75, 3.05) is 6.61 Å². The number of thiophene rings is 1. The van der Waals surface area contributed by atoms with Gasteiger partial charge in [-0.15, -0.1) is 11.3 Å². The summed E-state index contributed by atoms with van der Waals surface area (Å²) in [6, 6.07) is 3.88. The first-order valence-corrected chi connectivity index (χ1v) is 6.16. The van der Waals surface area contributed by atoms with Crippen molar-refractivity contribution in [3.63, 3.8) is 0 Å². The molecule has 0 saturated heterocycles. The number of aliphatic hydroxyl groups is 1. The highest BCUT2D eigenvalue weighted by Gasteiger charge is 2.40. The SMILES string of the molecule is CC(C)(N)C(C)(CCO)c1ccc(Cl)s1. The minimum Gasteiger partial charge on any atom is -0.396 e. The second-order valence-corrected chi connectivity index (χ2v) is 6.35. The summed E-state index contributed by atoms with van der Waals surface area (Å²) in [5, 5.41) is 9.15. The van der Waals surface area contributed by atoms with Gasteiger partial charge in [-0.1, -0.05) is 18.5 Å². The Morgan fingerprint density at radius 3 is 2.33 bits per heavy atom. The molecule has 0 aliphatic carbocycles. The summed E-state index contributed by atoms with van der Waals surface area (Å²) < 4.78 is 0.762. The van der Waals surface area contributed by atoms with Crippen molar-refractivity contribution in [3.8, 4) is 0 Å². The Morgan fingerprint density at radius 1 is 1.40 bits per heavy atom. The van der Waals surface area contributed by atoms with Gasteiger partial charge in [-0.3, -0.25) is 0 Å². The Morgan fingerprint density at radius 2 is 2.00 bits per heavy atom. The molecule has 1 atom stereocenters. The maximum atomic E-state index is 9.15. The maximum Gasteiger partial charge on any atom is 0.0931 e. The van der Waals surface area contributed by atoms with E-state index in [2.05, 4.69) is 6.92 Å². The number of aliphatic hydroxyl groups excluding tert-OH is 1. The van der Waals surface area contributed by atoms with Gasteiger partial charge in [0.2, 0.25) is 0 Å². The van der Waals surface area contributed by atoms with Crippen LogP contribution in [0.5, 0.6) is 0 Å². The lowest BCUT2D eigenvalue weighted by Crippen LogP contribution is -2.52. The van der Waals surface area contributed by atoms with Crippen LogP contribution in [0.2, 0.25) is 4.34 Å². The fourth-order valence-corrected chi connectivity index (χ4v) is 2.98. The molecule has 0 amide bonds. The van der Waals surface area contributed by atoms with Crippen molar-refractivity contribution in [2.24, 2.45) is 5.73 Å². The van der Waals surface area contributed by atoms with E-state index >= 15 is 0 Å². The van der Waals surface area contributed by atoms with Gasteiger partial charge >= 0.3 is 0 Å². The molecule has 2 nitrogen and oxygen atoms in total. The predicted molar refractivity (Wildman–Crippen MR) is 66.7 cm³/mol. The molecule has 0 radical (unpaired) electrons. The van der Waals surface area contributed by atoms with Gasteiger partial charge in [-0.2, -0.15) is 0 Å². The van der Waals surface area contributed by atoms with E-state index in [1.54, 1.807) is 0 Å². The first kappa shape index (κ1) is 13.0. The van der Waals surface area contributed by atoms with Crippen LogP contribution in [0, 0.1) is 0 Å². The number of rotatable bonds is 4. The third-order valence-electron chi connectivity index (χ3n) is 3.15. The smallest absolute Gasteiger partial charge is 0.0931 e. The normalized spacial score (nSPS) is 16.4. The Kier molecular flexibility index (Phi) is 3.82. The van der Waals surface area contributed by atoms with Crippen LogP contribution in [0.1, 0.15) is 32.1 Å². The maximum absolute atomic E-state index is 9.15. The molecule has 0 aliphatic heterocycles. The van der Waals surface area contributed by atoms with E-state index in [1.165, 1.54) is 11.3 Å². The molecule has 0 bridgehead atoms. The zero-order valence-electron chi connectivity index (χ0n) is 9.38. The first-order chi connectivity index (χ1) is 6.81. The van der Waals surface area contributed by atoms with Crippen LogP contribution in [-0.4, -0.2) is 17.3 Å². The van der Waals surface area contributed by atoms with Gasteiger partial charge in [0, 0.05) is 22.4 Å². The molecule has 1 heterocycles. The van der Waals surface area contributed by atoms with Crippen LogP contribution < -0.4 is 5.73 Å². The fraction of sp³-hybridized carbons (Fsp3) is 0.636. The van der Waals surface area contributed by atoms with Crippen LogP contribution in [0.4, 0.5) is 0 Å². The summed E-state index contributed by atoms with van der Waals surface area (Å²) in [7, 11) is 0. The topological polar surface area (TPSA) is 46.2 Å². The Hall–Kier alpha value is -0.0900. The standard InChI is InChI=1S/C11H18ClNOS/c1-10(2,13)11(3,6-7-14)8-4-5-9(12)15-8/h4-5,14H,6-7,13H2,1-3H3. The molecule has 4 heteroatoms. The molecule has 3 N–H and O–H groups in total. The van der Waals surface area contributed by atoms with Gasteiger partial charge in [0.15, 0.2) is 0 Å². The summed E-state index contributed by atoms with van der Waals surface area (Å²) in [5.74, 6) is 0. The van der Waals surface area contributed by atoms with Crippen molar-refractivity contribution in [1.82, 2.24) is 0 Å². The van der Waals surface area contributed by atoms with E-state index < -0.39 is 0 Å². The van der Waals surface area contributed by atoms with Crippen molar-refractivity contribution < 1.29 is 5.11 Å². The second-order valence-electron chi connectivity index (χ2n) is 4.63. The number of hydrogen-bond donors (Lipinski definition) is 2. The molecular weight excluding hydrogens is 230 g/mol. The van der Waals surface area contributed by atoms with Crippen molar-refractivity contribution in [1.29, 1.82) is 0 Å². The zero-order chi connectivity index (χ0) is 11.7. The molecule has 0 aliphatic rings. The van der Waals surface area contributed by atoms with Gasteiger partial charge in [0.1, 0.15) is 0 Å². The van der Waals surface area contributed by atoms with E-state index in [-0.39, 0.29) is 17.6 Å². The monoisotopic (exact) mass is 247 g/mol. The van der Waals surface area contributed by atoms with E-state index in [9.17, 15) is 0 Å². The first-order valence-electron chi connectivity index (χ1n) is 4.97. The average molecular weight is 248 g/mol. The number of nitrogens with two attached hydrogens (primary N) is 1. The highest BCUT2D eigenvalue weighted by atomic mass is 35.5. The molecule has 86 valence electrons. The van der Waals surface area contributed by atoms with E-state index in [4.69, 9.17) is 22.4 Å². The number of halogens is 1. The molecule has 1 unspecified atom stereocenters. The Bertz CT molecular complexity index is 332. The molecular formula is C11H18ClNOS. The third kappa shape index (κ3) is 2.53. The van der Waals surface area contributed by atoms with Crippen molar-refractivity contribution >= 4 is 22.9 Å². The molecule has 0 saturated carbocycles. The van der Waals surface area contributed by atoms with Crippen LogP contribution in [0.3, 0.4) is 0 Å². The summed E-state index contributed by atoms with van der Waals surface area (Å²) in [5.41, 5.74) is 5.57. The molecule has 0 aromatic carbocycles. The van der Waals surface area contributed by atoms with E-state index in [0.717, 1.165) is 9.21 Å². The van der Waals surface area contributed by atoms with Crippen molar-refractivity contribution in [2.45, 2.75) is 38.1 Å². The van der Waals surface area contributed by atoms with Gasteiger partial charge in [0.05, 0.1) is 4.34 Å². The molecule has 0 fully saturated rings. The average Bonchev–Trinajstić information content (AvgIpc) is 2.50. The van der Waals surface area contributed by atoms with Crippen LogP contribution in [0.15, 0.2) is 12.1 Å². The summed E-state index contributed by atoms with van der Waals surface area (Å²) in [6.07, 6.45) is 0.646. The lowest BCUT2D eigenvalue weighted by Gasteiger charge is -2.41. The highest BCUT2D eigenvalue weighted by Crippen LogP contribution is 2.41. The van der Waals surface area contributed by atoms with Gasteiger partial charge in [-0.25, -0.2) is 0 Å². The van der Waals surface area contributed by atoms with Crippen molar-refractivity contribution in [3.05, 3.63) is 21.3 Å². The summed E-state index contributed by atoms with van der Waals surface area (Å²) in [4.78, 5) is 1.13. The number of hydrogen-bond acceptors (Lipinski definition) is 3. The molecule has 1 rings (SSSR count). The molecule has 1 aromatic rings. The zero-order valence-corrected chi connectivity index (χ0v) is 11.0. The largest absolute Gasteiger partial charge is 0.396 e. The summed E-state index contributed by atoms with van der Waals surface area (Å²) in [6.45, 7) is 6.17. The lowest BCUT2D eigenvalue weighted by atomic mass is 9.70. The van der Waals surface area contributed by atoms with Gasteiger partial charge in [0.25, 0.3) is 0 Å². The van der Waals surface area contributed by atoms with Crippen LogP contribution in [0.25, 0.3) is 0 Å². The fourth-order valence-electron chi connectivity index (χ4n) is 1.60. The third-order valence-corrected chi connectivity index (χ3v) is 4.65. The van der Waals surface area contributed by atoms with Gasteiger partial charge < -0.3 is 10.8 Å². The van der Waals surface area contributed by atoms with Gasteiger partial charge in [-0.05, 0) is 32.4 Å².